The summed E-state index contributed by atoms with van der Waals surface area (Å²) >= 11 is 5.99. The van der Waals surface area contributed by atoms with Crippen molar-refractivity contribution in [1.82, 2.24) is 5.32 Å². The minimum absolute atomic E-state index is 0.0217. The molecule has 0 heterocycles. The van der Waals surface area contributed by atoms with Gasteiger partial charge in [-0.1, -0.05) is 56.3 Å². The Morgan fingerprint density at radius 1 is 1.14 bits per heavy atom. The summed E-state index contributed by atoms with van der Waals surface area (Å²) in [6.07, 6.45) is 8.55. The highest BCUT2D eigenvalue weighted by Gasteiger charge is 2.38. The molecule has 1 atom stereocenters. The van der Waals surface area contributed by atoms with Gasteiger partial charge in [-0.15, -0.1) is 0 Å². The molecular formula is C18H28ClNO. The van der Waals surface area contributed by atoms with Crippen LogP contribution in [0.1, 0.15) is 51.0 Å². The van der Waals surface area contributed by atoms with Crippen molar-refractivity contribution in [3.8, 4) is 0 Å². The summed E-state index contributed by atoms with van der Waals surface area (Å²) in [4.78, 5) is 0. The van der Waals surface area contributed by atoms with E-state index in [9.17, 15) is 0 Å². The summed E-state index contributed by atoms with van der Waals surface area (Å²) in [5.74, 6) is 0. The first-order valence-corrected chi connectivity index (χ1v) is 8.61. The monoisotopic (exact) mass is 309 g/mol. The molecule has 1 aliphatic carbocycles. The van der Waals surface area contributed by atoms with Crippen molar-refractivity contribution < 1.29 is 4.74 Å². The Balaban J connectivity index is 2.16. The normalized spacial score (nSPS) is 20.0. The van der Waals surface area contributed by atoms with E-state index in [1.54, 1.807) is 0 Å². The summed E-state index contributed by atoms with van der Waals surface area (Å²) in [5.41, 5.74) is 1.30. The maximum atomic E-state index is 6.08. The zero-order valence-electron chi connectivity index (χ0n) is 13.3. The van der Waals surface area contributed by atoms with Crippen LogP contribution in [0.4, 0.5) is 0 Å². The number of benzene rings is 1. The van der Waals surface area contributed by atoms with Gasteiger partial charge in [-0.2, -0.15) is 0 Å². The molecule has 0 amide bonds. The van der Waals surface area contributed by atoms with Crippen LogP contribution in [-0.2, 0) is 11.2 Å². The summed E-state index contributed by atoms with van der Waals surface area (Å²) in [5, 5.41) is 4.48. The van der Waals surface area contributed by atoms with E-state index in [4.69, 9.17) is 16.3 Å². The quantitative estimate of drug-likeness (QED) is 0.775. The van der Waals surface area contributed by atoms with Crippen molar-refractivity contribution in [2.75, 3.05) is 13.7 Å². The van der Waals surface area contributed by atoms with E-state index in [1.807, 2.05) is 19.2 Å². The second-order valence-electron chi connectivity index (χ2n) is 6.12. The lowest BCUT2D eigenvalue weighted by molar-refractivity contribution is -0.0523. The van der Waals surface area contributed by atoms with Gasteiger partial charge >= 0.3 is 0 Å². The van der Waals surface area contributed by atoms with Crippen molar-refractivity contribution >= 4 is 11.6 Å². The largest absolute Gasteiger partial charge is 0.377 e. The van der Waals surface area contributed by atoms with Gasteiger partial charge in [0, 0.05) is 18.2 Å². The Morgan fingerprint density at radius 2 is 1.76 bits per heavy atom. The predicted octanol–water partition coefficient (Wildman–Crippen LogP) is 4.60. The molecule has 1 saturated carbocycles. The molecule has 21 heavy (non-hydrogen) atoms. The van der Waals surface area contributed by atoms with Gasteiger partial charge in [0.2, 0.25) is 0 Å². The number of hydrogen-bond acceptors (Lipinski definition) is 2. The van der Waals surface area contributed by atoms with Gasteiger partial charge in [-0.05, 0) is 43.5 Å². The number of methoxy groups -OCH3 is 1. The second kappa shape index (κ2) is 8.17. The fraction of sp³-hybridized carbons (Fsp3) is 0.667. The standard InChI is InChI=1S/C18H28ClNO/c1-3-20-17(14-15-8-10-16(19)11-9-15)18(21-2)12-6-4-5-7-13-18/h8-11,17,20H,3-7,12-14H2,1-2H3. The molecule has 2 nitrogen and oxygen atoms in total. The molecule has 0 aliphatic heterocycles. The molecule has 0 saturated heterocycles. The molecule has 0 radical (unpaired) electrons. The van der Waals surface area contributed by atoms with E-state index in [-0.39, 0.29) is 5.60 Å². The molecule has 2 rings (SSSR count). The molecule has 1 aromatic carbocycles. The van der Waals surface area contributed by atoms with E-state index in [1.165, 1.54) is 31.2 Å². The van der Waals surface area contributed by atoms with Crippen LogP contribution in [0.2, 0.25) is 5.02 Å². The highest BCUT2D eigenvalue weighted by atomic mass is 35.5. The van der Waals surface area contributed by atoms with E-state index in [0.717, 1.165) is 30.8 Å². The highest BCUT2D eigenvalue weighted by molar-refractivity contribution is 6.30. The summed E-state index contributed by atoms with van der Waals surface area (Å²) in [7, 11) is 1.89. The Bertz CT molecular complexity index is 410. The molecule has 1 fully saturated rings. The van der Waals surface area contributed by atoms with Crippen molar-refractivity contribution in [2.24, 2.45) is 0 Å². The summed E-state index contributed by atoms with van der Waals surface area (Å²) in [6, 6.07) is 8.59. The van der Waals surface area contributed by atoms with Crippen molar-refractivity contribution in [2.45, 2.75) is 63.5 Å². The Labute approximate surface area is 134 Å². The Hall–Kier alpha value is -0.570. The minimum atomic E-state index is -0.0217. The fourth-order valence-corrected chi connectivity index (χ4v) is 3.69. The van der Waals surface area contributed by atoms with Gasteiger partial charge in [0.1, 0.15) is 0 Å². The maximum Gasteiger partial charge on any atom is 0.0834 e. The van der Waals surface area contributed by atoms with Crippen molar-refractivity contribution in [1.29, 1.82) is 0 Å². The van der Waals surface area contributed by atoms with E-state index < -0.39 is 0 Å². The number of ether oxygens (including phenoxy) is 1. The van der Waals surface area contributed by atoms with Gasteiger partial charge in [0.15, 0.2) is 0 Å². The molecule has 3 heteroatoms. The summed E-state index contributed by atoms with van der Waals surface area (Å²) < 4.78 is 6.08. The van der Waals surface area contributed by atoms with E-state index >= 15 is 0 Å². The van der Waals surface area contributed by atoms with Gasteiger partial charge in [-0.25, -0.2) is 0 Å². The number of likely N-dealkylation sites (N-methyl/N-ethyl adjacent to an activating group) is 1. The van der Waals surface area contributed by atoms with Gasteiger partial charge < -0.3 is 10.1 Å². The van der Waals surface area contributed by atoms with Crippen LogP contribution in [0, 0.1) is 0 Å². The minimum Gasteiger partial charge on any atom is -0.377 e. The molecule has 0 aromatic heterocycles. The maximum absolute atomic E-state index is 6.08. The molecule has 1 aliphatic rings. The van der Waals surface area contributed by atoms with Crippen LogP contribution in [0.15, 0.2) is 24.3 Å². The Morgan fingerprint density at radius 3 is 2.29 bits per heavy atom. The Kier molecular flexibility index (Phi) is 6.53. The molecule has 1 aromatic rings. The van der Waals surface area contributed by atoms with Crippen LogP contribution >= 0.6 is 11.6 Å². The molecular weight excluding hydrogens is 282 g/mol. The van der Waals surface area contributed by atoms with Crippen LogP contribution in [-0.4, -0.2) is 25.3 Å². The third-order valence-electron chi connectivity index (χ3n) is 4.80. The van der Waals surface area contributed by atoms with Crippen LogP contribution in [0.5, 0.6) is 0 Å². The third-order valence-corrected chi connectivity index (χ3v) is 5.05. The number of halogens is 1. The fourth-order valence-electron chi connectivity index (χ4n) is 3.57. The lowest BCUT2D eigenvalue weighted by atomic mass is 9.82. The number of hydrogen-bond donors (Lipinski definition) is 1. The van der Waals surface area contributed by atoms with Crippen LogP contribution in [0.25, 0.3) is 0 Å². The SMILES string of the molecule is CCNC(Cc1ccc(Cl)cc1)C1(OC)CCCCCC1. The van der Waals surface area contributed by atoms with Crippen LogP contribution in [0.3, 0.4) is 0 Å². The first-order chi connectivity index (χ1) is 10.2. The number of nitrogens with one attached hydrogen (secondary N) is 1. The molecule has 118 valence electrons. The predicted molar refractivity (Wildman–Crippen MR) is 90.1 cm³/mol. The lowest BCUT2D eigenvalue weighted by Gasteiger charge is -2.40. The average molecular weight is 310 g/mol. The van der Waals surface area contributed by atoms with E-state index in [0.29, 0.717) is 6.04 Å². The number of rotatable bonds is 6. The smallest absolute Gasteiger partial charge is 0.0834 e. The molecule has 0 bridgehead atoms. The first-order valence-electron chi connectivity index (χ1n) is 8.23. The van der Waals surface area contributed by atoms with Gasteiger partial charge in [-0.3, -0.25) is 0 Å². The molecule has 1 N–H and O–H groups in total. The molecule has 0 spiro atoms. The second-order valence-corrected chi connectivity index (χ2v) is 6.56. The van der Waals surface area contributed by atoms with Crippen LogP contribution < -0.4 is 5.32 Å². The zero-order valence-corrected chi connectivity index (χ0v) is 14.1. The van der Waals surface area contributed by atoms with E-state index in [2.05, 4.69) is 24.4 Å². The zero-order chi connectivity index (χ0) is 15.1. The highest BCUT2D eigenvalue weighted by Crippen LogP contribution is 2.34. The summed E-state index contributed by atoms with van der Waals surface area (Å²) in [6.45, 7) is 3.15. The van der Waals surface area contributed by atoms with Crippen molar-refractivity contribution in [3.63, 3.8) is 0 Å². The topological polar surface area (TPSA) is 21.3 Å². The third kappa shape index (κ3) is 4.45. The first kappa shape index (κ1) is 16.8. The van der Waals surface area contributed by atoms with Crippen molar-refractivity contribution in [3.05, 3.63) is 34.9 Å². The average Bonchev–Trinajstić information content (AvgIpc) is 2.75. The lowest BCUT2D eigenvalue weighted by Crippen LogP contribution is -2.53. The van der Waals surface area contributed by atoms with Gasteiger partial charge in [0.05, 0.1) is 5.60 Å². The molecule has 1 unspecified atom stereocenters. The van der Waals surface area contributed by atoms with Gasteiger partial charge in [0.25, 0.3) is 0 Å².